The van der Waals surface area contributed by atoms with E-state index in [1.807, 2.05) is 6.92 Å². The summed E-state index contributed by atoms with van der Waals surface area (Å²) < 4.78 is 30.5. The third-order valence-corrected chi connectivity index (χ3v) is 2.90. The number of hydrogen-bond acceptors (Lipinski definition) is 4. The quantitative estimate of drug-likeness (QED) is 0.394. The van der Waals surface area contributed by atoms with Crippen molar-refractivity contribution in [2.75, 3.05) is 19.8 Å². The van der Waals surface area contributed by atoms with Crippen molar-refractivity contribution in [2.24, 2.45) is 4.76 Å². The molecular formula is C8H18NO4P. The van der Waals surface area contributed by atoms with E-state index in [9.17, 15) is 4.57 Å². The number of rotatable bonds is 6. The minimum atomic E-state index is -3.34. The summed E-state index contributed by atoms with van der Waals surface area (Å²) in [4.78, 5) is 0. The van der Waals surface area contributed by atoms with Crippen LogP contribution in [0.4, 0.5) is 0 Å². The second-order valence-corrected chi connectivity index (χ2v) is 4.01. The molecular weight excluding hydrogens is 205 g/mol. The Hall–Kier alpha value is -0.380. The van der Waals surface area contributed by atoms with E-state index in [2.05, 4.69) is 4.76 Å². The van der Waals surface area contributed by atoms with Gasteiger partial charge in [-0.15, -0.1) is 4.76 Å². The van der Waals surface area contributed by atoms with Crippen molar-refractivity contribution >= 4 is 13.6 Å². The second kappa shape index (κ2) is 6.98. The van der Waals surface area contributed by atoms with Crippen LogP contribution in [0.1, 0.15) is 27.7 Å². The normalized spacial score (nSPS) is 13.0. The first kappa shape index (κ1) is 13.6. The van der Waals surface area contributed by atoms with E-state index in [0.717, 1.165) is 0 Å². The van der Waals surface area contributed by atoms with Crippen molar-refractivity contribution in [1.82, 2.24) is 0 Å². The summed E-state index contributed by atoms with van der Waals surface area (Å²) in [5.74, 6) is 0.317. The van der Waals surface area contributed by atoms with Gasteiger partial charge in [0.1, 0.15) is 0 Å². The van der Waals surface area contributed by atoms with Gasteiger partial charge in [-0.05, 0) is 20.8 Å². The van der Waals surface area contributed by atoms with Gasteiger partial charge in [0.2, 0.25) is 0 Å². The molecule has 0 aliphatic carbocycles. The van der Waals surface area contributed by atoms with Crippen molar-refractivity contribution in [3.05, 3.63) is 0 Å². The van der Waals surface area contributed by atoms with Crippen molar-refractivity contribution in [3.63, 3.8) is 0 Å². The van der Waals surface area contributed by atoms with Gasteiger partial charge in [0.15, 0.2) is 5.90 Å². The van der Waals surface area contributed by atoms with Gasteiger partial charge in [-0.1, -0.05) is 0 Å². The molecule has 0 aromatic rings. The zero-order valence-corrected chi connectivity index (χ0v) is 10.0. The van der Waals surface area contributed by atoms with Gasteiger partial charge in [-0.25, -0.2) is 4.57 Å². The van der Waals surface area contributed by atoms with Gasteiger partial charge in [0.25, 0.3) is 0 Å². The molecule has 0 heterocycles. The van der Waals surface area contributed by atoms with Crippen molar-refractivity contribution in [1.29, 1.82) is 0 Å². The van der Waals surface area contributed by atoms with Gasteiger partial charge in [-0.2, -0.15) is 0 Å². The zero-order chi connectivity index (χ0) is 11.0. The predicted octanol–water partition coefficient (Wildman–Crippen LogP) is 2.62. The highest BCUT2D eigenvalue weighted by Gasteiger charge is 2.23. The lowest BCUT2D eigenvalue weighted by Gasteiger charge is -2.12. The van der Waals surface area contributed by atoms with Crippen LogP contribution in [0.15, 0.2) is 4.76 Å². The molecule has 0 atom stereocenters. The lowest BCUT2D eigenvalue weighted by Crippen LogP contribution is -2.01. The maximum absolute atomic E-state index is 11.8. The Bertz CT molecular complexity index is 219. The Morgan fingerprint density at radius 2 is 1.64 bits per heavy atom. The Balaban J connectivity index is 4.48. The molecule has 84 valence electrons. The molecule has 0 radical (unpaired) electrons. The van der Waals surface area contributed by atoms with Crippen LogP contribution in [0.3, 0.4) is 0 Å². The van der Waals surface area contributed by atoms with E-state index >= 15 is 0 Å². The summed E-state index contributed by atoms with van der Waals surface area (Å²) in [6, 6.07) is 0. The third kappa shape index (κ3) is 5.37. The predicted molar refractivity (Wildman–Crippen MR) is 55.6 cm³/mol. The molecule has 0 aliphatic heterocycles. The van der Waals surface area contributed by atoms with Gasteiger partial charge in [-0.3, -0.25) is 9.05 Å². The van der Waals surface area contributed by atoms with Gasteiger partial charge < -0.3 is 4.74 Å². The highest BCUT2D eigenvalue weighted by molar-refractivity contribution is 7.52. The molecule has 0 aromatic carbocycles. The molecule has 0 spiro atoms. The van der Waals surface area contributed by atoms with Crippen LogP contribution in [-0.4, -0.2) is 25.7 Å². The second-order valence-electron chi connectivity index (χ2n) is 2.36. The fraction of sp³-hybridized carbons (Fsp3) is 0.875. The zero-order valence-electron chi connectivity index (χ0n) is 9.15. The molecule has 0 aliphatic rings. The Morgan fingerprint density at radius 3 is 2.00 bits per heavy atom. The minimum Gasteiger partial charge on any atom is -0.481 e. The Labute approximate surface area is 85.0 Å². The fourth-order valence-electron chi connectivity index (χ4n) is 0.832. The van der Waals surface area contributed by atoms with Crippen molar-refractivity contribution in [3.8, 4) is 0 Å². The van der Waals surface area contributed by atoms with Crippen LogP contribution in [0.2, 0.25) is 0 Å². The molecule has 0 saturated heterocycles. The topological polar surface area (TPSA) is 57.1 Å². The van der Waals surface area contributed by atoms with Gasteiger partial charge >= 0.3 is 7.75 Å². The SMILES string of the molecule is CCO/C(C)=N/P(=O)(OCC)OCC. The first-order chi connectivity index (χ1) is 6.58. The van der Waals surface area contributed by atoms with Crippen LogP contribution in [-0.2, 0) is 18.3 Å². The van der Waals surface area contributed by atoms with Crippen LogP contribution in [0.25, 0.3) is 0 Å². The van der Waals surface area contributed by atoms with E-state index in [1.54, 1.807) is 20.8 Å². The molecule has 0 amide bonds. The maximum Gasteiger partial charge on any atom is 0.456 e. The summed E-state index contributed by atoms with van der Waals surface area (Å²) in [5.41, 5.74) is 0. The highest BCUT2D eigenvalue weighted by Crippen LogP contribution is 2.49. The van der Waals surface area contributed by atoms with Crippen molar-refractivity contribution in [2.45, 2.75) is 27.7 Å². The lowest BCUT2D eigenvalue weighted by molar-refractivity contribution is 0.219. The van der Waals surface area contributed by atoms with E-state index in [-0.39, 0.29) is 0 Å². The summed E-state index contributed by atoms with van der Waals surface area (Å²) in [7, 11) is -3.34. The molecule has 0 bridgehead atoms. The summed E-state index contributed by atoms with van der Waals surface area (Å²) >= 11 is 0. The first-order valence-electron chi connectivity index (χ1n) is 4.66. The molecule has 0 fully saturated rings. The average molecular weight is 223 g/mol. The highest BCUT2D eigenvalue weighted by atomic mass is 31.2. The molecule has 14 heavy (non-hydrogen) atoms. The summed E-state index contributed by atoms with van der Waals surface area (Å²) in [5, 5.41) is 0. The molecule has 0 N–H and O–H groups in total. The Kier molecular flexibility index (Phi) is 6.79. The molecule has 0 saturated carbocycles. The molecule has 0 rings (SSSR count). The van der Waals surface area contributed by atoms with E-state index in [1.165, 1.54) is 0 Å². The standard InChI is InChI=1S/C8H18NO4P/c1-5-11-8(4)9-14(10,12-6-2)13-7-3/h5-7H2,1-4H3/b9-8+. The van der Waals surface area contributed by atoms with Crippen LogP contribution < -0.4 is 0 Å². The maximum atomic E-state index is 11.8. The number of ether oxygens (including phenoxy) is 1. The average Bonchev–Trinajstić information content (AvgIpc) is 2.04. The smallest absolute Gasteiger partial charge is 0.456 e. The van der Waals surface area contributed by atoms with Crippen LogP contribution in [0.5, 0.6) is 0 Å². The van der Waals surface area contributed by atoms with Gasteiger partial charge in [0.05, 0.1) is 19.8 Å². The largest absolute Gasteiger partial charge is 0.481 e. The molecule has 0 aromatic heterocycles. The van der Waals surface area contributed by atoms with Crippen molar-refractivity contribution < 1.29 is 18.3 Å². The molecule has 5 nitrogen and oxygen atoms in total. The van der Waals surface area contributed by atoms with E-state index in [0.29, 0.717) is 25.7 Å². The third-order valence-electron chi connectivity index (χ3n) is 1.20. The van der Waals surface area contributed by atoms with E-state index in [4.69, 9.17) is 13.8 Å². The Morgan fingerprint density at radius 1 is 1.14 bits per heavy atom. The summed E-state index contributed by atoms with van der Waals surface area (Å²) in [6.45, 7) is 7.97. The summed E-state index contributed by atoms with van der Waals surface area (Å²) in [6.07, 6.45) is 0. The van der Waals surface area contributed by atoms with Crippen LogP contribution >= 0.6 is 7.75 Å². The number of nitrogens with zero attached hydrogens (tertiary/aromatic N) is 1. The van der Waals surface area contributed by atoms with E-state index < -0.39 is 7.75 Å². The number of hydrogen-bond donors (Lipinski definition) is 0. The lowest BCUT2D eigenvalue weighted by atomic mass is 10.7. The van der Waals surface area contributed by atoms with Crippen LogP contribution in [0, 0.1) is 0 Å². The van der Waals surface area contributed by atoms with Gasteiger partial charge in [0, 0.05) is 6.92 Å². The monoisotopic (exact) mass is 223 g/mol. The minimum absolute atomic E-state index is 0.292. The molecule has 6 heteroatoms. The first-order valence-corrected chi connectivity index (χ1v) is 6.16. The molecule has 0 unspecified atom stereocenters. The fourth-order valence-corrected chi connectivity index (χ4v) is 2.08.